The van der Waals surface area contributed by atoms with Gasteiger partial charge in [-0.25, -0.2) is 4.79 Å². The van der Waals surface area contributed by atoms with Crippen molar-refractivity contribution in [1.29, 1.82) is 5.26 Å². The number of hydrogen-bond acceptors (Lipinski definition) is 4. The molecule has 112 valence electrons. The van der Waals surface area contributed by atoms with Gasteiger partial charge in [-0.3, -0.25) is 0 Å². The standard InChI is InChI=1S/C17H21NO3/c1-3-20-15-9-8-13(10-12(15)2)17(19)21-16-7-5-4-6-14(16)11-18/h8-10,14,16H,3-7H2,1-2H3. The van der Waals surface area contributed by atoms with E-state index in [-0.39, 0.29) is 18.0 Å². The molecule has 21 heavy (non-hydrogen) atoms. The second-order valence-electron chi connectivity index (χ2n) is 5.38. The molecular formula is C17H21NO3. The van der Waals surface area contributed by atoms with Crippen LogP contribution >= 0.6 is 0 Å². The highest BCUT2D eigenvalue weighted by Gasteiger charge is 2.28. The van der Waals surface area contributed by atoms with Crippen molar-refractivity contribution in [2.24, 2.45) is 5.92 Å². The first kappa shape index (κ1) is 15.4. The van der Waals surface area contributed by atoms with E-state index in [0.717, 1.165) is 37.0 Å². The van der Waals surface area contributed by atoms with Crippen molar-refractivity contribution in [1.82, 2.24) is 0 Å². The Morgan fingerprint density at radius 2 is 2.14 bits per heavy atom. The summed E-state index contributed by atoms with van der Waals surface area (Å²) < 4.78 is 11.0. The van der Waals surface area contributed by atoms with Crippen molar-refractivity contribution >= 4 is 5.97 Å². The number of benzene rings is 1. The predicted octanol–water partition coefficient (Wildman–Crippen LogP) is 3.63. The van der Waals surface area contributed by atoms with Crippen LogP contribution in [0.2, 0.25) is 0 Å². The molecule has 1 aromatic rings. The lowest BCUT2D eigenvalue weighted by Gasteiger charge is -2.26. The van der Waals surface area contributed by atoms with E-state index in [4.69, 9.17) is 14.7 Å². The molecule has 4 heteroatoms. The number of rotatable bonds is 4. The zero-order valence-electron chi connectivity index (χ0n) is 12.6. The quantitative estimate of drug-likeness (QED) is 0.793. The van der Waals surface area contributed by atoms with E-state index in [1.807, 2.05) is 13.8 Å². The summed E-state index contributed by atoms with van der Waals surface area (Å²) in [6.07, 6.45) is 3.37. The van der Waals surface area contributed by atoms with E-state index in [0.29, 0.717) is 12.2 Å². The number of ether oxygens (including phenoxy) is 2. The zero-order valence-corrected chi connectivity index (χ0v) is 12.6. The Kier molecular flexibility index (Phi) is 5.21. The average Bonchev–Trinajstić information content (AvgIpc) is 2.50. The highest BCUT2D eigenvalue weighted by molar-refractivity contribution is 5.90. The molecule has 1 fully saturated rings. The molecule has 1 saturated carbocycles. The molecule has 0 aliphatic heterocycles. The molecule has 2 unspecified atom stereocenters. The van der Waals surface area contributed by atoms with E-state index in [2.05, 4.69) is 6.07 Å². The molecule has 4 nitrogen and oxygen atoms in total. The van der Waals surface area contributed by atoms with Crippen molar-refractivity contribution in [2.75, 3.05) is 6.61 Å². The fourth-order valence-electron chi connectivity index (χ4n) is 2.68. The molecule has 1 aliphatic rings. The summed E-state index contributed by atoms with van der Waals surface area (Å²) in [7, 11) is 0. The first-order valence-electron chi connectivity index (χ1n) is 7.49. The number of hydrogen-bond donors (Lipinski definition) is 0. The molecule has 2 rings (SSSR count). The molecule has 0 bridgehead atoms. The van der Waals surface area contributed by atoms with Crippen LogP contribution in [-0.2, 0) is 4.74 Å². The summed E-state index contributed by atoms with van der Waals surface area (Å²) in [4.78, 5) is 12.2. The van der Waals surface area contributed by atoms with Crippen LogP contribution in [0.1, 0.15) is 48.5 Å². The summed E-state index contributed by atoms with van der Waals surface area (Å²) in [6.45, 7) is 4.42. The predicted molar refractivity (Wildman–Crippen MR) is 79.1 cm³/mol. The van der Waals surface area contributed by atoms with Gasteiger partial charge in [0.05, 0.1) is 24.2 Å². The molecule has 1 aliphatic carbocycles. The molecule has 0 radical (unpaired) electrons. The molecule has 0 saturated heterocycles. The van der Waals surface area contributed by atoms with Gasteiger partial charge in [-0.1, -0.05) is 6.42 Å². The topological polar surface area (TPSA) is 59.3 Å². The van der Waals surface area contributed by atoms with Crippen LogP contribution in [0.25, 0.3) is 0 Å². The number of esters is 1. The van der Waals surface area contributed by atoms with Crippen molar-refractivity contribution in [3.63, 3.8) is 0 Å². The minimum Gasteiger partial charge on any atom is -0.494 e. The third kappa shape index (κ3) is 3.75. The Bertz CT molecular complexity index is 547. The van der Waals surface area contributed by atoms with Gasteiger partial charge < -0.3 is 9.47 Å². The SMILES string of the molecule is CCOc1ccc(C(=O)OC2CCCCC2C#N)cc1C. The number of aryl methyl sites for hydroxylation is 1. The Morgan fingerprint density at radius 3 is 2.81 bits per heavy atom. The van der Waals surface area contributed by atoms with Crippen molar-refractivity contribution in [2.45, 2.75) is 45.6 Å². The summed E-state index contributed by atoms with van der Waals surface area (Å²) in [6, 6.07) is 7.53. The molecule has 0 spiro atoms. The van der Waals surface area contributed by atoms with Crippen molar-refractivity contribution in [3.8, 4) is 11.8 Å². The van der Waals surface area contributed by atoms with E-state index >= 15 is 0 Å². The van der Waals surface area contributed by atoms with Gasteiger partial charge in [0.2, 0.25) is 0 Å². The molecule has 2 atom stereocenters. The van der Waals surface area contributed by atoms with Crippen molar-refractivity contribution in [3.05, 3.63) is 29.3 Å². The maximum atomic E-state index is 12.2. The maximum absolute atomic E-state index is 12.2. The van der Waals surface area contributed by atoms with Gasteiger partial charge in [0.15, 0.2) is 0 Å². The Labute approximate surface area is 125 Å². The smallest absolute Gasteiger partial charge is 0.338 e. The van der Waals surface area contributed by atoms with Crippen LogP contribution in [-0.4, -0.2) is 18.7 Å². The molecule has 0 aromatic heterocycles. The number of nitriles is 1. The molecular weight excluding hydrogens is 266 g/mol. The summed E-state index contributed by atoms with van der Waals surface area (Å²) in [5.41, 5.74) is 1.42. The zero-order chi connectivity index (χ0) is 15.2. The van der Waals surface area contributed by atoms with Crippen LogP contribution < -0.4 is 4.74 Å². The maximum Gasteiger partial charge on any atom is 0.338 e. The van der Waals surface area contributed by atoms with Gasteiger partial charge >= 0.3 is 5.97 Å². The van der Waals surface area contributed by atoms with E-state index < -0.39 is 0 Å². The fraction of sp³-hybridized carbons (Fsp3) is 0.529. The van der Waals surface area contributed by atoms with Crippen LogP contribution in [0.15, 0.2) is 18.2 Å². The summed E-state index contributed by atoms with van der Waals surface area (Å²) >= 11 is 0. The first-order valence-corrected chi connectivity index (χ1v) is 7.49. The van der Waals surface area contributed by atoms with E-state index in [1.54, 1.807) is 18.2 Å². The average molecular weight is 287 g/mol. The van der Waals surface area contributed by atoms with Gasteiger partial charge in [-0.05, 0) is 56.9 Å². The lowest BCUT2D eigenvalue weighted by atomic mass is 9.87. The molecule has 0 N–H and O–H groups in total. The summed E-state index contributed by atoms with van der Waals surface area (Å²) in [5, 5.41) is 9.13. The van der Waals surface area contributed by atoms with Crippen LogP contribution in [0.3, 0.4) is 0 Å². The van der Waals surface area contributed by atoms with Gasteiger partial charge in [-0.15, -0.1) is 0 Å². The minimum atomic E-state index is -0.353. The number of nitrogens with zero attached hydrogens (tertiary/aromatic N) is 1. The third-order valence-electron chi connectivity index (χ3n) is 3.84. The lowest BCUT2D eigenvalue weighted by Crippen LogP contribution is -2.29. The third-order valence-corrected chi connectivity index (χ3v) is 3.84. The molecule has 0 heterocycles. The number of carbonyl (C=O) groups is 1. The highest BCUT2D eigenvalue weighted by atomic mass is 16.5. The second kappa shape index (κ2) is 7.12. The number of carbonyl (C=O) groups excluding carboxylic acids is 1. The Balaban J connectivity index is 2.06. The first-order chi connectivity index (χ1) is 10.2. The second-order valence-corrected chi connectivity index (χ2v) is 5.38. The van der Waals surface area contributed by atoms with Crippen LogP contribution in [0, 0.1) is 24.2 Å². The van der Waals surface area contributed by atoms with Gasteiger partial charge in [-0.2, -0.15) is 5.26 Å². The van der Waals surface area contributed by atoms with Crippen molar-refractivity contribution < 1.29 is 14.3 Å². The largest absolute Gasteiger partial charge is 0.494 e. The normalized spacial score (nSPS) is 21.4. The molecule has 0 amide bonds. The van der Waals surface area contributed by atoms with E-state index in [1.165, 1.54) is 0 Å². The Hall–Kier alpha value is -2.02. The van der Waals surface area contributed by atoms with Crippen LogP contribution in [0.4, 0.5) is 0 Å². The van der Waals surface area contributed by atoms with Gasteiger partial charge in [0.1, 0.15) is 11.9 Å². The van der Waals surface area contributed by atoms with Gasteiger partial charge in [0, 0.05) is 0 Å². The van der Waals surface area contributed by atoms with E-state index in [9.17, 15) is 4.79 Å². The lowest BCUT2D eigenvalue weighted by molar-refractivity contribution is 0.0107. The summed E-state index contributed by atoms with van der Waals surface area (Å²) in [5.74, 6) is 0.251. The monoisotopic (exact) mass is 287 g/mol. The Morgan fingerprint density at radius 1 is 1.38 bits per heavy atom. The van der Waals surface area contributed by atoms with Gasteiger partial charge in [0.25, 0.3) is 0 Å². The minimum absolute atomic E-state index is 0.175. The van der Waals surface area contributed by atoms with Crippen LogP contribution in [0.5, 0.6) is 5.75 Å². The highest BCUT2D eigenvalue weighted by Crippen LogP contribution is 2.27. The molecule has 1 aromatic carbocycles. The fourth-order valence-corrected chi connectivity index (χ4v) is 2.68.